The number of aliphatic hydroxyl groups is 3. The van der Waals surface area contributed by atoms with Crippen molar-refractivity contribution in [1.82, 2.24) is 5.32 Å². The Morgan fingerprint density at radius 3 is 2.40 bits per heavy atom. The van der Waals surface area contributed by atoms with Gasteiger partial charge in [-0.15, -0.1) is 0 Å². The van der Waals surface area contributed by atoms with E-state index in [4.69, 9.17) is 14.6 Å². The van der Waals surface area contributed by atoms with Crippen LogP contribution in [-0.2, 0) is 19.1 Å². The van der Waals surface area contributed by atoms with Gasteiger partial charge in [0, 0.05) is 25.8 Å². The van der Waals surface area contributed by atoms with Crippen LogP contribution in [0.1, 0.15) is 0 Å². The highest BCUT2D eigenvalue weighted by atomic mass is 16.7. The van der Waals surface area contributed by atoms with Crippen LogP contribution in [0.2, 0.25) is 0 Å². The zero-order valence-electron chi connectivity index (χ0n) is 10.7. The lowest BCUT2D eigenvalue weighted by atomic mass is 9.99. The van der Waals surface area contributed by atoms with Crippen LogP contribution in [0, 0.1) is 0 Å². The number of aliphatic hydroxyl groups excluding tert-OH is 3. The van der Waals surface area contributed by atoms with Crippen LogP contribution in [0.4, 0.5) is 0 Å². The fraction of sp³-hybridized carbons (Fsp3) is 0.636. The number of rotatable bonds is 5. The Morgan fingerprint density at radius 2 is 1.85 bits per heavy atom. The molecule has 0 radical (unpaired) electrons. The molecule has 1 fully saturated rings. The molecule has 1 aliphatic heterocycles. The third-order valence-electron chi connectivity index (χ3n) is 2.76. The number of ether oxygens (including phenoxy) is 2. The van der Waals surface area contributed by atoms with Gasteiger partial charge in [-0.05, 0) is 0 Å². The Bertz CT molecular complexity index is 383. The van der Waals surface area contributed by atoms with E-state index in [1.54, 1.807) is 0 Å². The molecule has 0 aromatic rings. The van der Waals surface area contributed by atoms with Gasteiger partial charge in [0.05, 0.1) is 0 Å². The zero-order chi connectivity index (χ0) is 15.3. The van der Waals surface area contributed by atoms with Crippen LogP contribution < -0.4 is 5.32 Å². The third-order valence-corrected chi connectivity index (χ3v) is 2.76. The molecule has 0 saturated carbocycles. The molecule has 5 unspecified atom stereocenters. The van der Waals surface area contributed by atoms with E-state index in [9.17, 15) is 24.9 Å². The number of carbonyl (C=O) groups excluding carboxylic acids is 1. The molecular weight excluding hydrogens is 274 g/mol. The molecule has 1 saturated heterocycles. The van der Waals surface area contributed by atoms with Crippen molar-refractivity contribution in [1.29, 1.82) is 0 Å². The summed E-state index contributed by atoms with van der Waals surface area (Å²) in [5.74, 6) is -1.97. The number of aliphatic carboxylic acids is 1. The molecule has 0 aromatic carbocycles. The first kappa shape index (κ1) is 16.5. The molecule has 20 heavy (non-hydrogen) atoms. The lowest BCUT2D eigenvalue weighted by molar-refractivity contribution is -0.288. The number of hydrogen-bond acceptors (Lipinski definition) is 7. The van der Waals surface area contributed by atoms with E-state index in [2.05, 4.69) is 5.32 Å². The number of nitrogens with one attached hydrogen (secondary N) is 1. The van der Waals surface area contributed by atoms with Crippen molar-refractivity contribution >= 4 is 11.9 Å². The number of methoxy groups -OCH3 is 1. The van der Waals surface area contributed by atoms with Crippen molar-refractivity contribution in [2.75, 3.05) is 13.7 Å². The molecule has 9 heteroatoms. The van der Waals surface area contributed by atoms with Crippen LogP contribution in [0.15, 0.2) is 12.2 Å². The molecular formula is C11H17NO8. The lowest BCUT2D eigenvalue weighted by Crippen LogP contribution is -2.60. The van der Waals surface area contributed by atoms with Crippen molar-refractivity contribution in [3.8, 4) is 0 Å². The molecule has 0 bridgehead atoms. The molecule has 1 rings (SSSR count). The number of amides is 1. The minimum Gasteiger partial charge on any atom is -0.478 e. The molecule has 0 aromatic heterocycles. The highest BCUT2D eigenvalue weighted by Gasteiger charge is 2.43. The van der Waals surface area contributed by atoms with Gasteiger partial charge >= 0.3 is 5.97 Å². The van der Waals surface area contributed by atoms with Crippen molar-refractivity contribution < 1.29 is 39.5 Å². The fourth-order valence-electron chi connectivity index (χ4n) is 1.69. The predicted octanol–water partition coefficient (Wildman–Crippen LogP) is -2.80. The Balaban J connectivity index is 2.54. The van der Waals surface area contributed by atoms with Crippen LogP contribution in [0.25, 0.3) is 0 Å². The average Bonchev–Trinajstić information content (AvgIpc) is 2.42. The number of carbonyl (C=O) groups is 2. The Labute approximate surface area is 114 Å². The second-order valence-corrected chi connectivity index (χ2v) is 4.17. The van der Waals surface area contributed by atoms with Crippen molar-refractivity contribution in [2.24, 2.45) is 0 Å². The van der Waals surface area contributed by atoms with Crippen molar-refractivity contribution in [3.05, 3.63) is 12.2 Å². The van der Waals surface area contributed by atoms with Gasteiger partial charge in [0.1, 0.15) is 24.4 Å². The van der Waals surface area contributed by atoms with E-state index in [0.29, 0.717) is 6.08 Å². The van der Waals surface area contributed by atoms with E-state index in [-0.39, 0.29) is 6.54 Å². The Morgan fingerprint density at radius 1 is 1.20 bits per heavy atom. The standard InChI is InChI=1S/C11H17NO8/c1-19-11-10(18)9(17)8(16)5(20-11)4-12-6(13)2-3-7(14)15/h2-3,5,8-11,16-18H,4H2,1H3,(H,12,13)(H,14,15). The minimum absolute atomic E-state index is 0.187. The third kappa shape index (κ3) is 4.25. The topological polar surface area (TPSA) is 146 Å². The first-order valence-corrected chi connectivity index (χ1v) is 5.78. The molecule has 9 nitrogen and oxygen atoms in total. The summed E-state index contributed by atoms with van der Waals surface area (Å²) in [5, 5.41) is 39.5. The van der Waals surface area contributed by atoms with Gasteiger partial charge < -0.3 is 35.2 Å². The lowest BCUT2D eigenvalue weighted by Gasteiger charge is -2.39. The highest BCUT2D eigenvalue weighted by Crippen LogP contribution is 2.21. The predicted molar refractivity (Wildman–Crippen MR) is 63.5 cm³/mol. The van der Waals surface area contributed by atoms with E-state index < -0.39 is 42.6 Å². The molecule has 1 aliphatic rings. The molecule has 0 aliphatic carbocycles. The largest absolute Gasteiger partial charge is 0.478 e. The van der Waals surface area contributed by atoms with Crippen molar-refractivity contribution in [3.63, 3.8) is 0 Å². The maximum atomic E-state index is 11.3. The Kier molecular flexibility index (Phi) is 6.05. The van der Waals surface area contributed by atoms with Gasteiger partial charge in [-0.1, -0.05) is 0 Å². The summed E-state index contributed by atoms with van der Waals surface area (Å²) in [6.45, 7) is -0.187. The van der Waals surface area contributed by atoms with Gasteiger partial charge in [-0.2, -0.15) is 0 Å². The average molecular weight is 291 g/mol. The zero-order valence-corrected chi connectivity index (χ0v) is 10.7. The fourth-order valence-corrected chi connectivity index (χ4v) is 1.69. The molecule has 1 heterocycles. The molecule has 5 N–H and O–H groups in total. The first-order valence-electron chi connectivity index (χ1n) is 5.78. The summed E-state index contributed by atoms with van der Waals surface area (Å²) in [7, 11) is 1.25. The second kappa shape index (κ2) is 7.31. The summed E-state index contributed by atoms with van der Waals surface area (Å²) in [6, 6.07) is 0. The second-order valence-electron chi connectivity index (χ2n) is 4.17. The summed E-state index contributed by atoms with van der Waals surface area (Å²) < 4.78 is 9.96. The first-order chi connectivity index (χ1) is 9.36. The monoisotopic (exact) mass is 291 g/mol. The summed E-state index contributed by atoms with van der Waals surface area (Å²) >= 11 is 0. The van der Waals surface area contributed by atoms with E-state index in [1.807, 2.05) is 0 Å². The van der Waals surface area contributed by atoms with E-state index >= 15 is 0 Å². The van der Waals surface area contributed by atoms with Gasteiger partial charge in [0.25, 0.3) is 0 Å². The quantitative estimate of drug-likeness (QED) is 0.341. The number of carboxylic acids is 1. The van der Waals surface area contributed by atoms with E-state index in [0.717, 1.165) is 6.08 Å². The van der Waals surface area contributed by atoms with Gasteiger partial charge in [0.2, 0.25) is 5.91 Å². The van der Waals surface area contributed by atoms with Gasteiger partial charge in [-0.25, -0.2) is 4.79 Å². The van der Waals surface area contributed by atoms with E-state index in [1.165, 1.54) is 7.11 Å². The molecule has 5 atom stereocenters. The van der Waals surface area contributed by atoms with Crippen molar-refractivity contribution in [2.45, 2.75) is 30.7 Å². The van der Waals surface area contributed by atoms with Crippen LogP contribution in [0.3, 0.4) is 0 Å². The van der Waals surface area contributed by atoms with Crippen LogP contribution >= 0.6 is 0 Å². The highest BCUT2D eigenvalue weighted by molar-refractivity contribution is 5.93. The molecule has 0 spiro atoms. The van der Waals surface area contributed by atoms with Gasteiger partial charge in [-0.3, -0.25) is 4.79 Å². The molecule has 1 amide bonds. The smallest absolute Gasteiger partial charge is 0.328 e. The summed E-state index contributed by atoms with van der Waals surface area (Å²) in [6.07, 6.45) is -4.98. The van der Waals surface area contributed by atoms with Gasteiger partial charge in [0.15, 0.2) is 6.29 Å². The Hall–Kier alpha value is -1.52. The minimum atomic E-state index is -1.48. The SMILES string of the molecule is COC1OC(CNC(=O)C=CC(=O)O)C(O)C(O)C1O. The summed E-state index contributed by atoms with van der Waals surface area (Å²) in [5.41, 5.74) is 0. The molecule has 114 valence electrons. The summed E-state index contributed by atoms with van der Waals surface area (Å²) in [4.78, 5) is 21.5. The van der Waals surface area contributed by atoms with Crippen LogP contribution in [-0.4, -0.2) is 76.7 Å². The maximum Gasteiger partial charge on any atom is 0.328 e. The normalized spacial score (nSPS) is 34.1. The maximum absolute atomic E-state index is 11.3. The van der Waals surface area contributed by atoms with Crippen LogP contribution in [0.5, 0.6) is 0 Å². The number of carboxylic acid groups (broad SMARTS) is 1. The number of hydrogen-bond donors (Lipinski definition) is 5.